The van der Waals surface area contributed by atoms with Gasteiger partial charge in [0.15, 0.2) is 0 Å². The molecule has 0 fully saturated rings. The third-order valence-corrected chi connectivity index (χ3v) is 1.42. The molecule has 12 heavy (non-hydrogen) atoms. The number of hydrogen-bond donors (Lipinski definition) is 1. The second kappa shape index (κ2) is 3.58. The average Bonchev–Trinajstić information content (AvgIpc) is 2.04. The maximum atomic E-state index is 11.0. The van der Waals surface area contributed by atoms with Crippen molar-refractivity contribution in [3.05, 3.63) is 33.1 Å². The van der Waals surface area contributed by atoms with Crippen LogP contribution in [0.1, 0.15) is 6.42 Å². The fraction of sp³-hybridized carbons (Fsp3) is 0.250. The molecule has 0 aliphatic carbocycles. The maximum absolute atomic E-state index is 11.0. The summed E-state index contributed by atoms with van der Waals surface area (Å²) in [7, 11) is 0. The van der Waals surface area contributed by atoms with Crippen molar-refractivity contribution < 1.29 is 0 Å². The Hall–Kier alpha value is -1.76. The zero-order valence-corrected chi connectivity index (χ0v) is 6.41. The first kappa shape index (κ1) is 8.34. The van der Waals surface area contributed by atoms with Gasteiger partial charge < -0.3 is 4.98 Å². The molecule has 0 radical (unpaired) electrons. The van der Waals surface area contributed by atoms with Crippen molar-refractivity contribution in [1.82, 2.24) is 9.55 Å². The fourth-order valence-corrected chi connectivity index (χ4v) is 0.840. The lowest BCUT2D eigenvalue weighted by Crippen LogP contribution is -2.33. The predicted octanol–water partition coefficient (Wildman–Crippen LogP) is -0.440. The minimum Gasteiger partial charge on any atom is -0.314 e. The van der Waals surface area contributed by atoms with Gasteiger partial charge in [-0.05, 0) is 0 Å². The van der Waals surface area contributed by atoms with Crippen LogP contribution in [0.5, 0.6) is 0 Å². The van der Waals surface area contributed by atoms with Gasteiger partial charge in [-0.25, -0.2) is 4.79 Å². The molecule has 1 aromatic rings. The quantitative estimate of drug-likeness (QED) is 0.602. The Labute approximate surface area is 68.9 Å². The molecule has 0 saturated carbocycles. The summed E-state index contributed by atoms with van der Waals surface area (Å²) in [5.74, 6) is 2.36. The number of nitrogens with zero attached hydrogens (tertiary/aromatic N) is 1. The van der Waals surface area contributed by atoms with Crippen LogP contribution in [0.4, 0.5) is 0 Å². The topological polar surface area (TPSA) is 54.9 Å². The van der Waals surface area contributed by atoms with Crippen LogP contribution in [0.2, 0.25) is 0 Å². The van der Waals surface area contributed by atoms with Gasteiger partial charge in [0.25, 0.3) is 5.56 Å². The number of rotatable bonds is 2. The molecule has 0 aliphatic heterocycles. The van der Waals surface area contributed by atoms with E-state index in [4.69, 9.17) is 6.42 Å². The third-order valence-electron chi connectivity index (χ3n) is 1.42. The first-order valence-electron chi connectivity index (χ1n) is 3.47. The molecular weight excluding hydrogens is 156 g/mol. The molecule has 0 amide bonds. The van der Waals surface area contributed by atoms with Crippen molar-refractivity contribution in [2.75, 3.05) is 0 Å². The van der Waals surface area contributed by atoms with Gasteiger partial charge in [-0.3, -0.25) is 9.36 Å². The number of H-pyrrole nitrogens is 1. The van der Waals surface area contributed by atoms with Gasteiger partial charge in [0.1, 0.15) is 0 Å². The van der Waals surface area contributed by atoms with E-state index in [1.807, 2.05) is 0 Å². The van der Waals surface area contributed by atoms with E-state index in [2.05, 4.69) is 10.9 Å². The molecule has 0 aromatic carbocycles. The lowest BCUT2D eigenvalue weighted by atomic mass is 10.4. The van der Waals surface area contributed by atoms with Gasteiger partial charge >= 0.3 is 5.69 Å². The largest absolute Gasteiger partial charge is 0.328 e. The van der Waals surface area contributed by atoms with Gasteiger partial charge in [-0.15, -0.1) is 12.3 Å². The summed E-state index contributed by atoms with van der Waals surface area (Å²) in [6, 6.07) is 1.29. The summed E-state index contributed by atoms with van der Waals surface area (Å²) in [4.78, 5) is 24.4. The number of nitrogens with one attached hydrogen (secondary N) is 1. The molecule has 0 spiro atoms. The Bertz CT molecular complexity index is 380. The summed E-state index contributed by atoms with van der Waals surface area (Å²) in [5, 5.41) is 0. The Morgan fingerprint density at radius 2 is 2.33 bits per heavy atom. The highest BCUT2D eigenvalue weighted by molar-refractivity contribution is 4.87. The lowest BCUT2D eigenvalue weighted by molar-refractivity contribution is 0.643. The normalized spacial score (nSPS) is 9.25. The van der Waals surface area contributed by atoms with E-state index in [1.54, 1.807) is 0 Å². The van der Waals surface area contributed by atoms with Crippen molar-refractivity contribution in [2.24, 2.45) is 0 Å². The van der Waals surface area contributed by atoms with E-state index < -0.39 is 5.69 Å². The van der Waals surface area contributed by atoms with Crippen LogP contribution in [0.3, 0.4) is 0 Å². The van der Waals surface area contributed by atoms with E-state index in [0.717, 1.165) is 4.57 Å². The molecule has 4 heteroatoms. The highest BCUT2D eigenvalue weighted by atomic mass is 16.2. The molecule has 0 saturated heterocycles. The Morgan fingerprint density at radius 1 is 1.58 bits per heavy atom. The summed E-state index contributed by atoms with van der Waals surface area (Å²) in [6.07, 6.45) is 6.70. The van der Waals surface area contributed by atoms with Crippen molar-refractivity contribution in [2.45, 2.75) is 13.0 Å². The van der Waals surface area contributed by atoms with Crippen molar-refractivity contribution >= 4 is 0 Å². The predicted molar refractivity (Wildman–Crippen MR) is 44.8 cm³/mol. The lowest BCUT2D eigenvalue weighted by Gasteiger charge is -1.98. The van der Waals surface area contributed by atoms with Crippen LogP contribution >= 0.6 is 0 Å². The van der Waals surface area contributed by atoms with Gasteiger partial charge in [0.05, 0.1) is 0 Å². The van der Waals surface area contributed by atoms with E-state index in [0.29, 0.717) is 6.42 Å². The summed E-state index contributed by atoms with van der Waals surface area (Å²) in [6.45, 7) is 0.269. The summed E-state index contributed by atoms with van der Waals surface area (Å²) in [5.41, 5.74) is -0.744. The average molecular weight is 164 g/mol. The molecule has 0 aliphatic rings. The van der Waals surface area contributed by atoms with Crippen LogP contribution in [-0.4, -0.2) is 9.55 Å². The molecule has 4 nitrogen and oxygen atoms in total. The zero-order chi connectivity index (χ0) is 8.97. The first-order chi connectivity index (χ1) is 5.75. The summed E-state index contributed by atoms with van der Waals surface area (Å²) >= 11 is 0. The van der Waals surface area contributed by atoms with Crippen LogP contribution in [0.25, 0.3) is 0 Å². The van der Waals surface area contributed by atoms with Crippen LogP contribution in [0, 0.1) is 12.3 Å². The van der Waals surface area contributed by atoms with Crippen LogP contribution in [-0.2, 0) is 6.54 Å². The van der Waals surface area contributed by atoms with E-state index in [-0.39, 0.29) is 12.1 Å². The zero-order valence-electron chi connectivity index (χ0n) is 6.41. The van der Waals surface area contributed by atoms with E-state index in [1.165, 1.54) is 12.3 Å². The molecule has 1 rings (SSSR count). The molecule has 1 heterocycles. The minimum atomic E-state index is -0.419. The molecule has 0 unspecified atom stereocenters. The number of aromatic nitrogens is 2. The molecule has 1 N–H and O–H groups in total. The Morgan fingerprint density at radius 3 is 2.92 bits per heavy atom. The first-order valence-corrected chi connectivity index (χ1v) is 3.47. The second-order valence-electron chi connectivity index (χ2n) is 2.23. The standard InChI is InChI=1S/C8H8N2O2/c1-2-3-6-10-7(11)4-5-9-8(10)12/h1,4-5H,3,6H2,(H,9,12). The number of terminal acetylenes is 1. The smallest absolute Gasteiger partial charge is 0.314 e. The van der Waals surface area contributed by atoms with Crippen LogP contribution < -0.4 is 11.2 Å². The molecular formula is C8H8N2O2. The molecule has 0 bridgehead atoms. The van der Waals surface area contributed by atoms with Crippen LogP contribution in [0.15, 0.2) is 21.9 Å². The third kappa shape index (κ3) is 1.64. The minimum absolute atomic E-state index is 0.269. The van der Waals surface area contributed by atoms with Crippen molar-refractivity contribution in [3.63, 3.8) is 0 Å². The highest BCUT2D eigenvalue weighted by Gasteiger charge is 1.96. The van der Waals surface area contributed by atoms with E-state index in [9.17, 15) is 9.59 Å². The highest BCUT2D eigenvalue weighted by Crippen LogP contribution is 1.77. The Kier molecular flexibility index (Phi) is 2.49. The van der Waals surface area contributed by atoms with Crippen molar-refractivity contribution in [1.29, 1.82) is 0 Å². The monoisotopic (exact) mass is 164 g/mol. The van der Waals surface area contributed by atoms with Gasteiger partial charge in [0.2, 0.25) is 0 Å². The second-order valence-corrected chi connectivity index (χ2v) is 2.23. The molecule has 0 atom stereocenters. The van der Waals surface area contributed by atoms with Gasteiger partial charge in [0, 0.05) is 25.2 Å². The summed E-state index contributed by atoms with van der Waals surface area (Å²) < 4.78 is 1.07. The van der Waals surface area contributed by atoms with Gasteiger partial charge in [-0.2, -0.15) is 0 Å². The number of hydrogen-bond acceptors (Lipinski definition) is 2. The number of aromatic amines is 1. The van der Waals surface area contributed by atoms with Crippen molar-refractivity contribution in [3.8, 4) is 12.3 Å². The Balaban J connectivity index is 3.07. The van der Waals surface area contributed by atoms with E-state index >= 15 is 0 Å². The SMILES string of the molecule is C#CCCn1c(=O)cc[nH]c1=O. The fourth-order valence-electron chi connectivity index (χ4n) is 0.840. The van der Waals surface area contributed by atoms with Gasteiger partial charge in [-0.1, -0.05) is 0 Å². The maximum Gasteiger partial charge on any atom is 0.328 e. The molecule has 62 valence electrons. The molecule has 1 aromatic heterocycles.